The third-order valence-electron chi connectivity index (χ3n) is 5.90. The van der Waals surface area contributed by atoms with Gasteiger partial charge in [0.2, 0.25) is 5.88 Å². The molecule has 1 fully saturated rings. The lowest BCUT2D eigenvalue weighted by molar-refractivity contribution is -0.149. The molecule has 9 nitrogen and oxygen atoms in total. The van der Waals surface area contributed by atoms with E-state index >= 15 is 0 Å². The number of amides is 1. The van der Waals surface area contributed by atoms with Gasteiger partial charge in [0.05, 0.1) is 19.1 Å². The molecule has 176 valence electrons. The molecule has 1 amide bonds. The minimum absolute atomic E-state index is 0.0160. The second-order valence-electron chi connectivity index (χ2n) is 8.01. The Hall–Kier alpha value is -3.49. The summed E-state index contributed by atoms with van der Waals surface area (Å²) in [4.78, 5) is 35.8. The molecule has 1 aromatic heterocycles. The molecule has 0 aliphatic heterocycles. The molecule has 1 saturated carbocycles. The molecule has 0 saturated heterocycles. The highest BCUT2D eigenvalue weighted by Gasteiger charge is 2.32. The number of rotatable bonds is 8. The lowest BCUT2D eigenvalue weighted by atomic mass is 9.85. The number of ether oxygens (including phenoxy) is 2. The molecule has 33 heavy (non-hydrogen) atoms. The molecule has 1 aromatic carbocycles. The van der Waals surface area contributed by atoms with E-state index in [0.717, 1.165) is 18.4 Å². The molecule has 0 atom stereocenters. The van der Waals surface area contributed by atoms with Gasteiger partial charge in [-0.3, -0.25) is 15.0 Å². The maximum Gasteiger partial charge on any atom is 0.308 e. The Balaban J connectivity index is 1.75. The van der Waals surface area contributed by atoms with Gasteiger partial charge >= 0.3 is 5.97 Å². The van der Waals surface area contributed by atoms with Crippen LogP contribution in [0.5, 0.6) is 5.88 Å². The summed E-state index contributed by atoms with van der Waals surface area (Å²) in [6.45, 7) is 4.38. The van der Waals surface area contributed by atoms with Gasteiger partial charge in [0.25, 0.3) is 5.91 Å². The van der Waals surface area contributed by atoms with Gasteiger partial charge in [0.15, 0.2) is 5.82 Å². The van der Waals surface area contributed by atoms with E-state index in [1.165, 1.54) is 6.20 Å². The minimum atomic E-state index is -0.212. The summed E-state index contributed by atoms with van der Waals surface area (Å²) in [7, 11) is 1.77. The molecule has 9 heteroatoms. The van der Waals surface area contributed by atoms with Crippen LogP contribution >= 0.6 is 0 Å². The van der Waals surface area contributed by atoms with E-state index in [9.17, 15) is 9.59 Å². The van der Waals surface area contributed by atoms with Crippen molar-refractivity contribution in [1.82, 2.24) is 14.9 Å². The molecule has 3 rings (SSSR count). The standard InChI is InChI=1S/C24H31N5O4/c1-4-32-22-19(14-27-21(28-22)16-8-6-15(7-9-16)20(25)26)23(30)29(3)18-12-10-17(11-13-18)24(31)33-5-2/h6-9,14,17-18H,4-5,10-13H2,1-3H3,(H3,25,26)/t17-,18-. The van der Waals surface area contributed by atoms with Gasteiger partial charge in [0, 0.05) is 30.4 Å². The van der Waals surface area contributed by atoms with Gasteiger partial charge in [-0.05, 0) is 39.5 Å². The van der Waals surface area contributed by atoms with Crippen LogP contribution in [0.1, 0.15) is 55.5 Å². The van der Waals surface area contributed by atoms with Crippen molar-refractivity contribution in [3.63, 3.8) is 0 Å². The summed E-state index contributed by atoms with van der Waals surface area (Å²) in [5.74, 6) is 0.178. The fourth-order valence-electron chi connectivity index (χ4n) is 4.01. The van der Waals surface area contributed by atoms with E-state index in [1.807, 2.05) is 6.92 Å². The number of nitrogens with two attached hydrogens (primary N) is 1. The van der Waals surface area contributed by atoms with Crippen LogP contribution in [0.3, 0.4) is 0 Å². The molecule has 0 bridgehead atoms. The Morgan fingerprint density at radius 2 is 1.79 bits per heavy atom. The first-order valence-corrected chi connectivity index (χ1v) is 11.2. The maximum absolute atomic E-state index is 13.3. The molecular weight excluding hydrogens is 422 g/mol. The molecule has 3 N–H and O–H groups in total. The number of nitrogens with zero attached hydrogens (tertiary/aromatic N) is 3. The number of esters is 1. The second kappa shape index (κ2) is 10.9. The maximum atomic E-state index is 13.3. The Kier molecular flexibility index (Phi) is 7.97. The van der Waals surface area contributed by atoms with E-state index in [4.69, 9.17) is 20.6 Å². The topological polar surface area (TPSA) is 131 Å². The number of hydrogen-bond donors (Lipinski definition) is 2. The number of hydrogen-bond acceptors (Lipinski definition) is 7. The monoisotopic (exact) mass is 453 g/mol. The van der Waals surface area contributed by atoms with E-state index < -0.39 is 0 Å². The van der Waals surface area contributed by atoms with Gasteiger partial charge in [-0.2, -0.15) is 4.98 Å². The molecule has 1 heterocycles. The smallest absolute Gasteiger partial charge is 0.308 e. The van der Waals surface area contributed by atoms with Crippen LogP contribution in [0.2, 0.25) is 0 Å². The summed E-state index contributed by atoms with van der Waals surface area (Å²) in [6.07, 6.45) is 4.36. The molecule has 1 aliphatic carbocycles. The van der Waals surface area contributed by atoms with Crippen molar-refractivity contribution < 1.29 is 19.1 Å². The van der Waals surface area contributed by atoms with Crippen molar-refractivity contribution in [2.75, 3.05) is 20.3 Å². The van der Waals surface area contributed by atoms with Crippen molar-refractivity contribution >= 4 is 17.7 Å². The number of benzene rings is 1. The molecule has 1 aliphatic rings. The largest absolute Gasteiger partial charge is 0.477 e. The average Bonchev–Trinajstić information content (AvgIpc) is 2.83. The predicted molar refractivity (Wildman–Crippen MR) is 124 cm³/mol. The summed E-state index contributed by atoms with van der Waals surface area (Å²) in [5, 5.41) is 7.51. The van der Waals surface area contributed by atoms with Crippen LogP contribution in [0.25, 0.3) is 11.4 Å². The van der Waals surface area contributed by atoms with Crippen LogP contribution in [0, 0.1) is 11.3 Å². The van der Waals surface area contributed by atoms with Crippen molar-refractivity contribution in [3.8, 4) is 17.3 Å². The SMILES string of the molecule is CCOc1nc(-c2ccc(C(=N)N)cc2)ncc1C(=O)N(C)[C@H]1CC[C@H](C(=O)OCC)CC1. The molecule has 0 spiro atoms. The number of carbonyl (C=O) groups is 2. The Morgan fingerprint density at radius 1 is 1.12 bits per heavy atom. The number of nitrogen functional groups attached to an aromatic ring is 1. The number of nitrogens with one attached hydrogen (secondary N) is 1. The van der Waals surface area contributed by atoms with E-state index in [1.54, 1.807) is 43.1 Å². The van der Waals surface area contributed by atoms with Crippen LogP contribution in [0.4, 0.5) is 0 Å². The highest BCUT2D eigenvalue weighted by Crippen LogP contribution is 2.30. The first-order valence-electron chi connectivity index (χ1n) is 11.2. The van der Waals surface area contributed by atoms with Crippen LogP contribution in [-0.2, 0) is 9.53 Å². The van der Waals surface area contributed by atoms with Crippen LogP contribution < -0.4 is 10.5 Å². The summed E-state index contributed by atoms with van der Waals surface area (Å²) in [6, 6.07) is 7.02. The van der Waals surface area contributed by atoms with Crippen LogP contribution in [0.15, 0.2) is 30.5 Å². The van der Waals surface area contributed by atoms with Crippen molar-refractivity contribution in [2.24, 2.45) is 11.7 Å². The first kappa shape index (κ1) is 24.2. The Labute approximate surface area is 193 Å². The fraction of sp³-hybridized carbons (Fsp3) is 0.458. The zero-order chi connectivity index (χ0) is 24.0. The van der Waals surface area contributed by atoms with Crippen LogP contribution in [-0.4, -0.2) is 58.9 Å². The molecular formula is C24H31N5O4. The Bertz CT molecular complexity index is 1000. The van der Waals surface area contributed by atoms with Crippen molar-refractivity contribution in [2.45, 2.75) is 45.6 Å². The summed E-state index contributed by atoms with van der Waals surface area (Å²) < 4.78 is 10.8. The fourth-order valence-corrected chi connectivity index (χ4v) is 4.01. The number of amidine groups is 1. The second-order valence-corrected chi connectivity index (χ2v) is 8.01. The lowest BCUT2D eigenvalue weighted by Crippen LogP contribution is -2.40. The average molecular weight is 454 g/mol. The lowest BCUT2D eigenvalue weighted by Gasteiger charge is -2.34. The third kappa shape index (κ3) is 5.66. The molecule has 2 aromatic rings. The minimum Gasteiger partial charge on any atom is -0.477 e. The quantitative estimate of drug-likeness (QED) is 0.357. The molecule has 0 radical (unpaired) electrons. The third-order valence-corrected chi connectivity index (χ3v) is 5.90. The van der Waals surface area contributed by atoms with E-state index in [2.05, 4.69) is 9.97 Å². The summed E-state index contributed by atoms with van der Waals surface area (Å²) >= 11 is 0. The zero-order valence-electron chi connectivity index (χ0n) is 19.3. The first-order chi connectivity index (χ1) is 15.8. The van der Waals surface area contributed by atoms with E-state index in [0.29, 0.717) is 43.0 Å². The number of aromatic nitrogens is 2. The zero-order valence-corrected chi connectivity index (χ0v) is 19.3. The van der Waals surface area contributed by atoms with Gasteiger partial charge in [-0.15, -0.1) is 0 Å². The van der Waals surface area contributed by atoms with Gasteiger partial charge < -0.3 is 20.1 Å². The van der Waals surface area contributed by atoms with E-state index in [-0.39, 0.29) is 35.6 Å². The van der Waals surface area contributed by atoms with Gasteiger partial charge in [-0.25, -0.2) is 4.98 Å². The van der Waals surface area contributed by atoms with Crippen molar-refractivity contribution in [1.29, 1.82) is 5.41 Å². The van der Waals surface area contributed by atoms with Gasteiger partial charge in [0.1, 0.15) is 11.4 Å². The Morgan fingerprint density at radius 3 is 2.36 bits per heavy atom. The normalized spacial score (nSPS) is 17.8. The number of carbonyl (C=O) groups excluding carboxylic acids is 2. The van der Waals surface area contributed by atoms with Gasteiger partial charge in [-0.1, -0.05) is 24.3 Å². The highest BCUT2D eigenvalue weighted by atomic mass is 16.5. The highest BCUT2D eigenvalue weighted by molar-refractivity contribution is 5.96. The predicted octanol–water partition coefficient (Wildman–Crippen LogP) is 3.02. The van der Waals surface area contributed by atoms with Crippen molar-refractivity contribution in [3.05, 3.63) is 41.6 Å². The summed E-state index contributed by atoms with van der Waals surface area (Å²) in [5.41, 5.74) is 7.15. The molecule has 0 unspecified atom stereocenters.